The van der Waals surface area contributed by atoms with E-state index in [0.717, 1.165) is 5.56 Å². The van der Waals surface area contributed by atoms with Crippen molar-refractivity contribution in [3.05, 3.63) is 29.8 Å². The standard InChI is InChI=1S/C20H29F3N4O4.HI/c1-2-30-19(29)27-9-7-16(8-10-27)26-18(24)25-12-15(13-28)11-14-3-5-17(6-4-14)31-20(21,22)23;/h3-6,15-16,28H,2,7-13H2,1H3,(H3,24,25,26);1H. The Morgan fingerprint density at radius 1 is 1.31 bits per heavy atom. The monoisotopic (exact) mass is 574 g/mol. The van der Waals surface area contributed by atoms with Gasteiger partial charge in [-0.1, -0.05) is 12.1 Å². The van der Waals surface area contributed by atoms with Gasteiger partial charge in [-0.05, 0) is 43.9 Å². The molecule has 1 fully saturated rings. The van der Waals surface area contributed by atoms with Gasteiger partial charge in [0.1, 0.15) is 5.75 Å². The second kappa shape index (κ2) is 13.6. The van der Waals surface area contributed by atoms with E-state index in [1.165, 1.54) is 24.3 Å². The number of piperidine rings is 1. The average molecular weight is 574 g/mol. The minimum atomic E-state index is -4.73. The Bertz CT molecular complexity index is 727. The minimum absolute atomic E-state index is 0. The third-order valence-corrected chi connectivity index (χ3v) is 4.83. The van der Waals surface area contributed by atoms with Crippen LogP contribution >= 0.6 is 24.0 Å². The predicted octanol–water partition coefficient (Wildman–Crippen LogP) is 2.88. The second-order valence-corrected chi connectivity index (χ2v) is 7.27. The summed E-state index contributed by atoms with van der Waals surface area (Å²) in [5, 5.41) is 12.7. The third kappa shape index (κ3) is 10.1. The van der Waals surface area contributed by atoms with Crippen LogP contribution in [0, 0.1) is 5.92 Å². The van der Waals surface area contributed by atoms with Gasteiger partial charge in [-0.15, -0.1) is 37.1 Å². The molecule has 0 saturated carbocycles. The van der Waals surface area contributed by atoms with Gasteiger partial charge < -0.3 is 30.5 Å². The number of amides is 1. The summed E-state index contributed by atoms with van der Waals surface area (Å²) in [5.74, 6) is -0.278. The number of carbonyl (C=O) groups excluding carboxylic acids is 1. The van der Waals surface area contributed by atoms with Crippen LogP contribution in [-0.2, 0) is 11.2 Å². The third-order valence-electron chi connectivity index (χ3n) is 4.83. The molecule has 0 bridgehead atoms. The maximum Gasteiger partial charge on any atom is 0.573 e. The first-order chi connectivity index (χ1) is 14.7. The molecule has 32 heavy (non-hydrogen) atoms. The molecule has 182 valence electrons. The van der Waals surface area contributed by atoms with Crippen LogP contribution in [-0.4, -0.2) is 67.3 Å². The van der Waals surface area contributed by atoms with Crippen LogP contribution in [0.15, 0.2) is 29.3 Å². The maximum atomic E-state index is 12.2. The summed E-state index contributed by atoms with van der Waals surface area (Å²) in [6.45, 7) is 3.36. The quantitative estimate of drug-likeness (QED) is 0.251. The lowest BCUT2D eigenvalue weighted by Crippen LogP contribution is -2.48. The van der Waals surface area contributed by atoms with Crippen LogP contribution < -0.4 is 15.8 Å². The van der Waals surface area contributed by atoms with Crippen LogP contribution in [0.25, 0.3) is 0 Å². The Morgan fingerprint density at radius 3 is 2.47 bits per heavy atom. The summed E-state index contributed by atoms with van der Waals surface area (Å²) >= 11 is 0. The molecule has 1 saturated heterocycles. The molecule has 1 atom stereocenters. The number of aliphatic imine (C=N–C) groups is 1. The highest BCUT2D eigenvalue weighted by molar-refractivity contribution is 14.0. The highest BCUT2D eigenvalue weighted by Gasteiger charge is 2.31. The molecule has 1 aliphatic rings. The molecule has 0 spiro atoms. The minimum Gasteiger partial charge on any atom is -0.450 e. The van der Waals surface area contributed by atoms with Crippen LogP contribution in [0.2, 0.25) is 0 Å². The SMILES string of the molecule is CCOC(=O)N1CCC(NC(N)=NCC(CO)Cc2ccc(OC(F)(F)F)cc2)CC1.I. The number of likely N-dealkylation sites (tertiary alicyclic amines) is 1. The molecule has 1 aromatic rings. The van der Waals surface area contributed by atoms with E-state index in [2.05, 4.69) is 15.0 Å². The molecule has 8 nitrogen and oxygen atoms in total. The topological polar surface area (TPSA) is 109 Å². The molecule has 1 amide bonds. The number of nitrogens with zero attached hydrogens (tertiary/aromatic N) is 2. The number of alkyl halides is 3. The Labute approximate surface area is 202 Å². The molecule has 0 aromatic heterocycles. The zero-order valence-electron chi connectivity index (χ0n) is 17.8. The number of hydrogen-bond acceptors (Lipinski definition) is 5. The molecule has 1 unspecified atom stereocenters. The number of aliphatic hydroxyl groups is 1. The number of halogens is 4. The van der Waals surface area contributed by atoms with E-state index in [0.29, 0.717) is 39.0 Å². The fourth-order valence-corrected chi connectivity index (χ4v) is 3.25. The Hall–Kier alpha value is -1.96. The number of nitrogens with two attached hydrogens (primary N) is 1. The van der Waals surface area contributed by atoms with Crippen LogP contribution in [0.3, 0.4) is 0 Å². The van der Waals surface area contributed by atoms with Crippen molar-refractivity contribution >= 4 is 36.0 Å². The summed E-state index contributed by atoms with van der Waals surface area (Å²) in [6.07, 6.45) is -3.19. The number of benzene rings is 1. The summed E-state index contributed by atoms with van der Waals surface area (Å²) in [6, 6.07) is 5.60. The van der Waals surface area contributed by atoms with Gasteiger partial charge in [0.25, 0.3) is 0 Å². The van der Waals surface area contributed by atoms with Gasteiger partial charge in [0.05, 0.1) is 6.61 Å². The first-order valence-electron chi connectivity index (χ1n) is 10.1. The molecular weight excluding hydrogens is 544 g/mol. The second-order valence-electron chi connectivity index (χ2n) is 7.27. The van der Waals surface area contributed by atoms with E-state index in [9.17, 15) is 23.1 Å². The number of guanidine groups is 1. The Morgan fingerprint density at radius 2 is 1.94 bits per heavy atom. The number of rotatable bonds is 8. The zero-order valence-corrected chi connectivity index (χ0v) is 20.1. The van der Waals surface area contributed by atoms with Gasteiger partial charge in [0.2, 0.25) is 0 Å². The van der Waals surface area contributed by atoms with Gasteiger partial charge in [0.15, 0.2) is 5.96 Å². The van der Waals surface area contributed by atoms with Crippen LogP contribution in [0.4, 0.5) is 18.0 Å². The first kappa shape index (κ1) is 28.1. The van der Waals surface area contributed by atoms with Crippen LogP contribution in [0.5, 0.6) is 5.75 Å². The van der Waals surface area contributed by atoms with Crippen molar-refractivity contribution in [1.29, 1.82) is 0 Å². The lowest BCUT2D eigenvalue weighted by atomic mass is 10.00. The van der Waals surface area contributed by atoms with E-state index in [-0.39, 0.29) is 66.9 Å². The van der Waals surface area contributed by atoms with Gasteiger partial charge in [0, 0.05) is 38.2 Å². The van der Waals surface area contributed by atoms with Gasteiger partial charge in [-0.3, -0.25) is 4.99 Å². The molecule has 2 rings (SSSR count). The van der Waals surface area contributed by atoms with E-state index >= 15 is 0 Å². The van der Waals surface area contributed by atoms with Crippen molar-refractivity contribution < 1.29 is 32.5 Å². The Kier molecular flexibility index (Phi) is 11.9. The van der Waals surface area contributed by atoms with E-state index in [4.69, 9.17) is 10.5 Å². The number of hydrogen-bond donors (Lipinski definition) is 3. The maximum absolute atomic E-state index is 12.2. The number of aliphatic hydroxyl groups excluding tert-OH is 1. The number of ether oxygens (including phenoxy) is 2. The van der Waals surface area contributed by atoms with Crippen molar-refractivity contribution in [2.24, 2.45) is 16.6 Å². The largest absolute Gasteiger partial charge is 0.573 e. The lowest BCUT2D eigenvalue weighted by molar-refractivity contribution is -0.274. The van der Waals surface area contributed by atoms with Crippen molar-refractivity contribution in [3.8, 4) is 5.75 Å². The summed E-state index contributed by atoms with van der Waals surface area (Å²) in [4.78, 5) is 17.7. The first-order valence-corrected chi connectivity index (χ1v) is 10.1. The van der Waals surface area contributed by atoms with Crippen LogP contribution in [0.1, 0.15) is 25.3 Å². The summed E-state index contributed by atoms with van der Waals surface area (Å²) < 4.78 is 45.5. The lowest BCUT2D eigenvalue weighted by Gasteiger charge is -2.31. The van der Waals surface area contributed by atoms with Crippen molar-refractivity contribution in [2.45, 2.75) is 38.6 Å². The molecule has 4 N–H and O–H groups in total. The van der Waals surface area contributed by atoms with Gasteiger partial charge >= 0.3 is 12.5 Å². The van der Waals surface area contributed by atoms with Gasteiger partial charge in [-0.25, -0.2) is 4.79 Å². The molecule has 1 heterocycles. The number of nitrogens with one attached hydrogen (secondary N) is 1. The molecule has 0 radical (unpaired) electrons. The van der Waals surface area contributed by atoms with Gasteiger partial charge in [-0.2, -0.15) is 0 Å². The molecule has 1 aliphatic heterocycles. The zero-order chi connectivity index (χ0) is 22.9. The smallest absolute Gasteiger partial charge is 0.450 e. The Balaban J connectivity index is 0.00000512. The van der Waals surface area contributed by atoms with Crippen molar-refractivity contribution in [1.82, 2.24) is 10.2 Å². The molecule has 1 aromatic carbocycles. The predicted molar refractivity (Wildman–Crippen MR) is 124 cm³/mol. The van der Waals surface area contributed by atoms with Crippen molar-refractivity contribution in [2.75, 3.05) is 32.8 Å². The summed E-state index contributed by atoms with van der Waals surface area (Å²) in [5.41, 5.74) is 6.70. The molecule has 0 aliphatic carbocycles. The molecule has 12 heteroatoms. The highest BCUT2D eigenvalue weighted by Crippen LogP contribution is 2.23. The highest BCUT2D eigenvalue weighted by atomic mass is 127. The summed E-state index contributed by atoms with van der Waals surface area (Å²) in [7, 11) is 0. The van der Waals surface area contributed by atoms with Crippen molar-refractivity contribution in [3.63, 3.8) is 0 Å². The normalized spacial score (nSPS) is 16.2. The molecular formula is C20H30F3IN4O4. The fourth-order valence-electron chi connectivity index (χ4n) is 3.25. The van der Waals surface area contributed by atoms with E-state index < -0.39 is 6.36 Å². The van der Waals surface area contributed by atoms with E-state index in [1.54, 1.807) is 11.8 Å². The van der Waals surface area contributed by atoms with E-state index in [1.807, 2.05) is 0 Å². The average Bonchev–Trinajstić information content (AvgIpc) is 2.72. The number of carbonyl (C=O) groups is 1. The fraction of sp³-hybridized carbons (Fsp3) is 0.600.